The summed E-state index contributed by atoms with van der Waals surface area (Å²) in [5, 5.41) is 0. The molecule has 0 radical (unpaired) electrons. The fourth-order valence-electron chi connectivity index (χ4n) is 4.91. The zero-order valence-corrected chi connectivity index (χ0v) is 10.9. The van der Waals surface area contributed by atoms with Crippen LogP contribution in [0.15, 0.2) is 24.3 Å². The maximum Gasteiger partial charge on any atom is 0.0555 e. The molecular formula is C16H22N2. The summed E-state index contributed by atoms with van der Waals surface area (Å²) >= 11 is 0. The zero-order chi connectivity index (χ0) is 12.2. The summed E-state index contributed by atoms with van der Waals surface area (Å²) in [5.41, 5.74) is 9.53. The third-order valence-electron chi connectivity index (χ3n) is 5.72. The Morgan fingerprint density at radius 1 is 1.28 bits per heavy atom. The Kier molecular flexibility index (Phi) is 2.25. The molecule has 2 nitrogen and oxygen atoms in total. The van der Waals surface area contributed by atoms with E-state index in [0.29, 0.717) is 0 Å². The Bertz CT molecular complexity index is 470. The van der Waals surface area contributed by atoms with Crippen LogP contribution in [0.5, 0.6) is 0 Å². The van der Waals surface area contributed by atoms with Gasteiger partial charge in [-0.05, 0) is 55.6 Å². The van der Waals surface area contributed by atoms with Crippen LogP contribution in [0.2, 0.25) is 0 Å². The highest BCUT2D eigenvalue weighted by atomic mass is 15.2. The SMILES string of the molecule is NCC1(N2CCc3ccccc32)CC2CCC1C2. The van der Waals surface area contributed by atoms with Crippen LogP contribution in [0.4, 0.5) is 5.69 Å². The van der Waals surface area contributed by atoms with Crippen LogP contribution in [-0.4, -0.2) is 18.6 Å². The van der Waals surface area contributed by atoms with Crippen LogP contribution in [0, 0.1) is 11.8 Å². The minimum Gasteiger partial charge on any atom is -0.364 e. The highest BCUT2D eigenvalue weighted by Crippen LogP contribution is 2.55. The summed E-state index contributed by atoms with van der Waals surface area (Å²) < 4.78 is 0. The van der Waals surface area contributed by atoms with E-state index in [0.717, 1.165) is 18.4 Å². The quantitative estimate of drug-likeness (QED) is 0.863. The van der Waals surface area contributed by atoms with Gasteiger partial charge in [-0.3, -0.25) is 0 Å². The van der Waals surface area contributed by atoms with Gasteiger partial charge in [0.15, 0.2) is 0 Å². The normalized spacial score (nSPS) is 37.3. The van der Waals surface area contributed by atoms with Gasteiger partial charge < -0.3 is 10.6 Å². The number of fused-ring (bicyclic) bond motifs is 3. The third-order valence-corrected chi connectivity index (χ3v) is 5.72. The van der Waals surface area contributed by atoms with E-state index < -0.39 is 0 Å². The number of nitrogens with zero attached hydrogens (tertiary/aromatic N) is 1. The maximum atomic E-state index is 6.25. The van der Waals surface area contributed by atoms with Crippen molar-refractivity contribution in [3.63, 3.8) is 0 Å². The van der Waals surface area contributed by atoms with E-state index >= 15 is 0 Å². The molecule has 18 heavy (non-hydrogen) atoms. The number of anilines is 1. The smallest absolute Gasteiger partial charge is 0.0555 e. The molecule has 0 spiro atoms. The largest absolute Gasteiger partial charge is 0.364 e. The Morgan fingerprint density at radius 3 is 2.89 bits per heavy atom. The van der Waals surface area contributed by atoms with Crippen LogP contribution >= 0.6 is 0 Å². The van der Waals surface area contributed by atoms with E-state index in [1.165, 1.54) is 49.9 Å². The lowest BCUT2D eigenvalue weighted by atomic mass is 9.79. The van der Waals surface area contributed by atoms with Crippen LogP contribution in [0.25, 0.3) is 0 Å². The molecule has 3 unspecified atom stereocenters. The lowest BCUT2D eigenvalue weighted by Gasteiger charge is -2.46. The number of para-hydroxylation sites is 1. The number of nitrogens with two attached hydrogens (primary N) is 1. The Labute approximate surface area is 109 Å². The van der Waals surface area contributed by atoms with Crippen molar-refractivity contribution in [2.75, 3.05) is 18.0 Å². The van der Waals surface area contributed by atoms with Crippen molar-refractivity contribution in [2.45, 2.75) is 37.6 Å². The van der Waals surface area contributed by atoms with E-state index in [-0.39, 0.29) is 5.54 Å². The van der Waals surface area contributed by atoms with Gasteiger partial charge in [0.1, 0.15) is 0 Å². The van der Waals surface area contributed by atoms with Gasteiger partial charge in [-0.2, -0.15) is 0 Å². The van der Waals surface area contributed by atoms with E-state index in [1.807, 2.05) is 0 Å². The standard InChI is InChI=1S/C16H22N2/c17-11-16(10-12-5-6-14(16)9-12)18-8-7-13-3-1-2-4-15(13)18/h1-4,12,14H,5-11,17H2. The molecule has 3 atom stereocenters. The molecule has 0 aromatic heterocycles. The van der Waals surface area contributed by atoms with Gasteiger partial charge in [0, 0.05) is 18.8 Å². The molecule has 2 bridgehead atoms. The van der Waals surface area contributed by atoms with Gasteiger partial charge in [0.05, 0.1) is 5.54 Å². The molecule has 1 aromatic rings. The molecule has 2 aliphatic carbocycles. The molecule has 1 aliphatic heterocycles. The second-order valence-electron chi connectivity index (χ2n) is 6.42. The molecule has 96 valence electrons. The van der Waals surface area contributed by atoms with Crippen molar-refractivity contribution in [1.29, 1.82) is 0 Å². The number of benzene rings is 1. The molecule has 0 saturated heterocycles. The van der Waals surface area contributed by atoms with Crippen molar-refractivity contribution < 1.29 is 0 Å². The lowest BCUT2D eigenvalue weighted by molar-refractivity contribution is 0.261. The van der Waals surface area contributed by atoms with Crippen molar-refractivity contribution in [1.82, 2.24) is 0 Å². The molecule has 2 saturated carbocycles. The first-order valence-corrected chi connectivity index (χ1v) is 7.39. The topological polar surface area (TPSA) is 29.3 Å². The second-order valence-corrected chi connectivity index (χ2v) is 6.42. The van der Waals surface area contributed by atoms with Crippen molar-refractivity contribution >= 4 is 5.69 Å². The van der Waals surface area contributed by atoms with Gasteiger partial charge in [-0.25, -0.2) is 0 Å². The summed E-state index contributed by atoms with van der Waals surface area (Å²) in [6.07, 6.45) is 6.82. The highest BCUT2D eigenvalue weighted by molar-refractivity contribution is 5.60. The summed E-state index contributed by atoms with van der Waals surface area (Å²) in [5.74, 6) is 1.80. The van der Waals surface area contributed by atoms with E-state index in [4.69, 9.17) is 5.73 Å². The number of hydrogen-bond donors (Lipinski definition) is 1. The maximum absolute atomic E-state index is 6.25. The van der Waals surface area contributed by atoms with Gasteiger partial charge in [-0.15, -0.1) is 0 Å². The fraction of sp³-hybridized carbons (Fsp3) is 0.625. The Balaban J connectivity index is 1.75. The molecule has 1 aromatic carbocycles. The first-order chi connectivity index (χ1) is 8.83. The number of rotatable bonds is 2. The van der Waals surface area contributed by atoms with Crippen LogP contribution in [-0.2, 0) is 6.42 Å². The first kappa shape index (κ1) is 10.9. The predicted molar refractivity (Wildman–Crippen MR) is 74.7 cm³/mol. The second kappa shape index (κ2) is 3.74. The van der Waals surface area contributed by atoms with Gasteiger partial charge >= 0.3 is 0 Å². The van der Waals surface area contributed by atoms with Gasteiger partial charge in [-0.1, -0.05) is 18.2 Å². The average molecular weight is 242 g/mol. The molecule has 4 rings (SSSR count). The summed E-state index contributed by atoms with van der Waals surface area (Å²) in [7, 11) is 0. The minimum atomic E-state index is 0.287. The molecule has 1 heterocycles. The van der Waals surface area contributed by atoms with Crippen molar-refractivity contribution in [3.05, 3.63) is 29.8 Å². The lowest BCUT2D eigenvalue weighted by Crippen LogP contribution is -2.57. The van der Waals surface area contributed by atoms with E-state index in [9.17, 15) is 0 Å². The van der Waals surface area contributed by atoms with Gasteiger partial charge in [0.2, 0.25) is 0 Å². The summed E-state index contributed by atoms with van der Waals surface area (Å²) in [6.45, 7) is 2.02. The highest BCUT2D eigenvalue weighted by Gasteiger charge is 2.54. The van der Waals surface area contributed by atoms with Gasteiger partial charge in [0.25, 0.3) is 0 Å². The minimum absolute atomic E-state index is 0.287. The van der Waals surface area contributed by atoms with Crippen molar-refractivity contribution in [3.8, 4) is 0 Å². The molecular weight excluding hydrogens is 220 g/mol. The molecule has 2 N–H and O–H groups in total. The first-order valence-electron chi connectivity index (χ1n) is 7.39. The summed E-state index contributed by atoms with van der Waals surface area (Å²) in [6, 6.07) is 8.92. The molecule has 0 amide bonds. The predicted octanol–water partition coefficient (Wildman–Crippen LogP) is 2.57. The van der Waals surface area contributed by atoms with E-state index in [2.05, 4.69) is 29.2 Å². The molecule has 2 fully saturated rings. The Hall–Kier alpha value is -1.02. The monoisotopic (exact) mass is 242 g/mol. The van der Waals surface area contributed by atoms with E-state index in [1.54, 1.807) is 0 Å². The Morgan fingerprint density at radius 2 is 2.17 bits per heavy atom. The average Bonchev–Trinajstić information content (AvgIpc) is 3.11. The van der Waals surface area contributed by atoms with Crippen LogP contribution in [0.1, 0.15) is 31.2 Å². The third kappa shape index (κ3) is 1.27. The fourth-order valence-corrected chi connectivity index (χ4v) is 4.91. The summed E-state index contributed by atoms with van der Waals surface area (Å²) in [4.78, 5) is 2.67. The van der Waals surface area contributed by atoms with Crippen molar-refractivity contribution in [2.24, 2.45) is 17.6 Å². The number of hydrogen-bond acceptors (Lipinski definition) is 2. The van der Waals surface area contributed by atoms with Crippen LogP contribution in [0.3, 0.4) is 0 Å². The molecule has 2 heteroatoms. The molecule has 3 aliphatic rings. The zero-order valence-electron chi connectivity index (χ0n) is 10.9. The van der Waals surface area contributed by atoms with Crippen LogP contribution < -0.4 is 10.6 Å².